The molecule has 162 valence electrons. The molecule has 2 aliphatic carbocycles. The minimum atomic E-state index is -0.131. The summed E-state index contributed by atoms with van der Waals surface area (Å²) in [4.78, 5) is 31.1. The van der Waals surface area contributed by atoms with Crippen molar-refractivity contribution in [1.82, 2.24) is 15.5 Å². The number of benzene rings is 1. The number of allylic oxidation sites excluding steroid dienone is 2. The highest BCUT2D eigenvalue weighted by molar-refractivity contribution is 14.0. The number of likely N-dealkylation sites (tertiary alicyclic amines) is 1. The van der Waals surface area contributed by atoms with Gasteiger partial charge in [0.05, 0.1) is 18.9 Å². The van der Waals surface area contributed by atoms with Crippen LogP contribution in [0.15, 0.2) is 35.3 Å². The molecule has 2 amide bonds. The number of carbonyl (C=O) groups is 2. The van der Waals surface area contributed by atoms with E-state index in [0.29, 0.717) is 25.6 Å². The van der Waals surface area contributed by atoms with Crippen LogP contribution in [-0.2, 0) is 16.1 Å². The molecule has 30 heavy (non-hydrogen) atoms. The molecule has 0 spiro atoms. The molecule has 7 nitrogen and oxygen atoms in total. The van der Waals surface area contributed by atoms with Crippen molar-refractivity contribution in [2.24, 2.45) is 28.7 Å². The predicted octanol–water partition coefficient (Wildman–Crippen LogP) is 2.09. The number of hydrogen-bond donors (Lipinski definition) is 2. The highest BCUT2D eigenvalue weighted by Gasteiger charge is 2.58. The Labute approximate surface area is 194 Å². The summed E-state index contributed by atoms with van der Waals surface area (Å²) < 4.78 is 5.29. The molecule has 1 saturated heterocycles. The van der Waals surface area contributed by atoms with Crippen molar-refractivity contribution in [3.8, 4) is 5.75 Å². The monoisotopic (exact) mass is 524 g/mol. The fourth-order valence-corrected chi connectivity index (χ4v) is 4.93. The number of nitrogens with zero attached hydrogens (tertiary/aromatic N) is 2. The second kappa shape index (κ2) is 9.36. The van der Waals surface area contributed by atoms with Crippen LogP contribution in [-0.4, -0.2) is 49.9 Å². The third-order valence-corrected chi connectivity index (χ3v) is 6.33. The van der Waals surface area contributed by atoms with Crippen molar-refractivity contribution in [2.45, 2.75) is 19.9 Å². The molecule has 0 aromatic heterocycles. The van der Waals surface area contributed by atoms with E-state index in [4.69, 9.17) is 4.74 Å². The lowest BCUT2D eigenvalue weighted by Crippen LogP contribution is -2.43. The number of nitrogens with one attached hydrogen (secondary N) is 2. The zero-order chi connectivity index (χ0) is 20.5. The van der Waals surface area contributed by atoms with E-state index in [-0.39, 0.29) is 59.5 Å². The lowest BCUT2D eigenvalue weighted by molar-refractivity contribution is -0.140. The fourth-order valence-electron chi connectivity index (χ4n) is 4.93. The second-order valence-electron chi connectivity index (χ2n) is 7.98. The summed E-state index contributed by atoms with van der Waals surface area (Å²) in [5, 5.41) is 6.46. The minimum Gasteiger partial charge on any atom is -0.496 e. The third kappa shape index (κ3) is 4.06. The van der Waals surface area contributed by atoms with Crippen LogP contribution in [0.2, 0.25) is 0 Å². The Morgan fingerprint density at radius 1 is 1.17 bits per heavy atom. The molecule has 4 rings (SSSR count). The maximum Gasteiger partial charge on any atom is 0.233 e. The first-order valence-electron chi connectivity index (χ1n) is 10.1. The van der Waals surface area contributed by atoms with E-state index in [2.05, 4.69) is 33.8 Å². The zero-order valence-corrected chi connectivity index (χ0v) is 19.9. The Hall–Kier alpha value is -2.10. The van der Waals surface area contributed by atoms with E-state index >= 15 is 0 Å². The van der Waals surface area contributed by atoms with E-state index < -0.39 is 0 Å². The number of aliphatic imine (C=N–C) groups is 1. The highest BCUT2D eigenvalue weighted by Crippen LogP contribution is 2.52. The molecule has 2 bridgehead atoms. The summed E-state index contributed by atoms with van der Waals surface area (Å²) in [6.45, 7) is 3.47. The lowest BCUT2D eigenvalue weighted by Gasteiger charge is -2.18. The maximum atomic E-state index is 12.7. The molecule has 0 radical (unpaired) electrons. The zero-order valence-electron chi connectivity index (χ0n) is 17.6. The maximum absolute atomic E-state index is 12.7. The first-order valence-corrected chi connectivity index (χ1v) is 10.1. The van der Waals surface area contributed by atoms with E-state index in [9.17, 15) is 9.59 Å². The Kier molecular flexibility index (Phi) is 7.05. The van der Waals surface area contributed by atoms with Gasteiger partial charge in [-0.3, -0.25) is 19.5 Å². The number of rotatable bonds is 6. The lowest BCUT2D eigenvalue weighted by atomic mass is 9.85. The van der Waals surface area contributed by atoms with Crippen molar-refractivity contribution >= 4 is 41.8 Å². The first-order chi connectivity index (χ1) is 14.0. The van der Waals surface area contributed by atoms with Gasteiger partial charge in [-0.1, -0.05) is 24.3 Å². The summed E-state index contributed by atoms with van der Waals surface area (Å²) in [7, 11) is 3.37. The van der Waals surface area contributed by atoms with Gasteiger partial charge < -0.3 is 15.4 Å². The van der Waals surface area contributed by atoms with Gasteiger partial charge in [0.1, 0.15) is 5.75 Å². The Balaban J connectivity index is 0.00000256. The van der Waals surface area contributed by atoms with Crippen LogP contribution >= 0.6 is 24.0 Å². The van der Waals surface area contributed by atoms with Gasteiger partial charge >= 0.3 is 0 Å². The van der Waals surface area contributed by atoms with Crippen LogP contribution in [0.5, 0.6) is 5.75 Å². The molecule has 2 fully saturated rings. The topological polar surface area (TPSA) is 83.0 Å². The van der Waals surface area contributed by atoms with E-state index in [1.807, 2.05) is 19.1 Å². The molecule has 4 atom stereocenters. The van der Waals surface area contributed by atoms with E-state index in [0.717, 1.165) is 23.3 Å². The van der Waals surface area contributed by atoms with Gasteiger partial charge in [0.2, 0.25) is 11.8 Å². The molecule has 1 aromatic carbocycles. The van der Waals surface area contributed by atoms with Gasteiger partial charge in [0.15, 0.2) is 5.96 Å². The summed E-state index contributed by atoms with van der Waals surface area (Å²) in [6, 6.07) is 6.03. The van der Waals surface area contributed by atoms with Gasteiger partial charge in [-0.25, -0.2) is 0 Å². The second-order valence-corrected chi connectivity index (χ2v) is 7.98. The average molecular weight is 524 g/mol. The smallest absolute Gasteiger partial charge is 0.233 e. The van der Waals surface area contributed by atoms with E-state index in [1.165, 1.54) is 4.90 Å². The minimum absolute atomic E-state index is 0. The number of carbonyl (C=O) groups excluding carboxylic acids is 2. The van der Waals surface area contributed by atoms with Crippen molar-refractivity contribution in [3.63, 3.8) is 0 Å². The summed E-state index contributed by atoms with van der Waals surface area (Å²) in [5.41, 5.74) is 2.20. The Bertz CT molecular complexity index is 855. The number of aryl methyl sites for hydroxylation is 1. The van der Waals surface area contributed by atoms with Gasteiger partial charge in [0, 0.05) is 26.7 Å². The number of imide groups is 1. The van der Waals surface area contributed by atoms with Crippen LogP contribution in [0, 0.1) is 30.6 Å². The fraction of sp³-hybridized carbons (Fsp3) is 0.500. The Morgan fingerprint density at radius 3 is 2.40 bits per heavy atom. The number of ether oxygens (including phenoxy) is 1. The number of methoxy groups -OCH3 is 1. The average Bonchev–Trinajstić information content (AvgIpc) is 3.40. The van der Waals surface area contributed by atoms with Crippen molar-refractivity contribution in [1.29, 1.82) is 0 Å². The number of amides is 2. The quantitative estimate of drug-likeness (QED) is 0.196. The molecular formula is C22H29IN4O3. The van der Waals surface area contributed by atoms with Crippen LogP contribution < -0.4 is 15.4 Å². The molecule has 1 heterocycles. The van der Waals surface area contributed by atoms with Gasteiger partial charge in [-0.2, -0.15) is 0 Å². The summed E-state index contributed by atoms with van der Waals surface area (Å²) in [6.07, 6.45) is 5.19. The number of halogens is 1. The summed E-state index contributed by atoms with van der Waals surface area (Å²) in [5.74, 6) is 1.74. The highest BCUT2D eigenvalue weighted by atomic mass is 127. The molecule has 1 aliphatic heterocycles. The van der Waals surface area contributed by atoms with Gasteiger partial charge in [-0.15, -0.1) is 24.0 Å². The van der Waals surface area contributed by atoms with Crippen molar-refractivity contribution in [2.75, 3.05) is 27.2 Å². The SMILES string of the molecule is CN=C(NCCN1C(=O)C2C3C=CC(C3)C2C1=O)NCc1ccc(OC)c(C)c1.I. The third-order valence-electron chi connectivity index (χ3n) is 6.33. The van der Waals surface area contributed by atoms with E-state index in [1.54, 1.807) is 14.2 Å². The van der Waals surface area contributed by atoms with Crippen molar-refractivity contribution < 1.29 is 14.3 Å². The normalized spacial score (nSPS) is 26.6. The standard InChI is InChI=1S/C22H28N4O3.HI/c1-13-10-14(4-7-17(13)29-3)12-25-22(23-2)24-8-9-26-20(27)18-15-5-6-16(11-15)19(18)21(26)28;/h4-7,10,15-16,18-19H,8-9,11-12H2,1-3H3,(H2,23,24,25);1H. The molecular weight excluding hydrogens is 495 g/mol. The Morgan fingerprint density at radius 2 is 1.83 bits per heavy atom. The molecule has 8 heteroatoms. The molecule has 4 unspecified atom stereocenters. The molecule has 2 N–H and O–H groups in total. The van der Waals surface area contributed by atoms with Crippen LogP contribution in [0.1, 0.15) is 17.5 Å². The largest absolute Gasteiger partial charge is 0.496 e. The number of fused-ring (bicyclic) bond motifs is 5. The van der Waals surface area contributed by atoms with Crippen molar-refractivity contribution in [3.05, 3.63) is 41.5 Å². The number of hydrogen-bond acceptors (Lipinski definition) is 4. The molecule has 1 saturated carbocycles. The van der Waals surface area contributed by atoms with Crippen LogP contribution in [0.3, 0.4) is 0 Å². The van der Waals surface area contributed by atoms with Gasteiger partial charge in [0.25, 0.3) is 0 Å². The predicted molar refractivity (Wildman–Crippen MR) is 126 cm³/mol. The van der Waals surface area contributed by atoms with Crippen LogP contribution in [0.25, 0.3) is 0 Å². The molecule has 1 aromatic rings. The first kappa shape index (κ1) is 22.6. The number of guanidine groups is 1. The van der Waals surface area contributed by atoms with Gasteiger partial charge in [-0.05, 0) is 42.4 Å². The van der Waals surface area contributed by atoms with Crippen LogP contribution in [0.4, 0.5) is 0 Å². The summed E-state index contributed by atoms with van der Waals surface area (Å²) >= 11 is 0. The molecule has 3 aliphatic rings.